The van der Waals surface area contributed by atoms with E-state index in [9.17, 15) is 4.79 Å². The van der Waals surface area contributed by atoms with E-state index in [1.165, 1.54) is 11.8 Å². The predicted molar refractivity (Wildman–Crippen MR) is 114 cm³/mol. The molecular weight excluding hydrogens is 388 g/mol. The van der Waals surface area contributed by atoms with E-state index in [0.717, 1.165) is 31.2 Å². The third-order valence-electron chi connectivity index (χ3n) is 4.20. The molecule has 0 saturated heterocycles. The Morgan fingerprint density at radius 2 is 1.79 bits per heavy atom. The molecule has 2 heterocycles. The number of esters is 1. The van der Waals surface area contributed by atoms with Crippen LogP contribution in [0.15, 0.2) is 78.1 Å². The van der Waals surface area contributed by atoms with Gasteiger partial charge >= 0.3 is 5.97 Å². The minimum atomic E-state index is -0.359. The van der Waals surface area contributed by atoms with Crippen LogP contribution in [0.25, 0.3) is 20.7 Å². The quantitative estimate of drug-likeness (QED) is 0.238. The number of fused-ring (bicyclic) bond motifs is 1. The zero-order chi connectivity index (χ0) is 19.3. The van der Waals surface area contributed by atoms with Crippen LogP contribution >= 0.6 is 23.1 Å². The van der Waals surface area contributed by atoms with Crippen molar-refractivity contribution in [3.05, 3.63) is 78.6 Å². The maximum Gasteiger partial charge on any atom is 0.319 e. The van der Waals surface area contributed by atoms with Crippen LogP contribution in [0.4, 0.5) is 0 Å². The van der Waals surface area contributed by atoms with Gasteiger partial charge in [0.2, 0.25) is 0 Å². The molecule has 140 valence electrons. The molecule has 0 fully saturated rings. The topological polar surface area (TPSA) is 52.1 Å². The van der Waals surface area contributed by atoms with Crippen LogP contribution < -0.4 is 0 Å². The van der Waals surface area contributed by atoms with Gasteiger partial charge in [-0.2, -0.15) is 0 Å². The first-order valence-electron chi connectivity index (χ1n) is 8.88. The molecule has 0 saturated carbocycles. The van der Waals surface area contributed by atoms with E-state index in [4.69, 9.17) is 4.74 Å². The highest BCUT2D eigenvalue weighted by Crippen LogP contribution is 2.37. The van der Waals surface area contributed by atoms with Crippen molar-refractivity contribution in [2.45, 2.75) is 23.8 Å². The van der Waals surface area contributed by atoms with Crippen molar-refractivity contribution in [1.29, 1.82) is 0 Å². The van der Waals surface area contributed by atoms with Crippen molar-refractivity contribution in [3.63, 3.8) is 0 Å². The molecule has 0 N–H and O–H groups in total. The van der Waals surface area contributed by atoms with Gasteiger partial charge < -0.3 is 4.74 Å². The number of hydrogen-bond donors (Lipinski definition) is 0. The zero-order valence-corrected chi connectivity index (χ0v) is 16.9. The second-order valence-corrected chi connectivity index (χ2v) is 8.59. The number of nitrogens with zero attached hydrogens (tertiary/aromatic N) is 2. The Morgan fingerprint density at radius 1 is 1.07 bits per heavy atom. The summed E-state index contributed by atoms with van der Waals surface area (Å²) in [6, 6.07) is 22.0. The van der Waals surface area contributed by atoms with Gasteiger partial charge in [-0.05, 0) is 24.1 Å². The molecule has 0 aliphatic rings. The minimum absolute atomic E-state index is 0.251. The van der Waals surface area contributed by atoms with E-state index < -0.39 is 0 Å². The smallest absolute Gasteiger partial charge is 0.319 e. The monoisotopic (exact) mass is 406 g/mol. The Hall–Kier alpha value is -2.70. The van der Waals surface area contributed by atoms with Crippen LogP contribution in [-0.4, -0.2) is 21.2 Å². The van der Waals surface area contributed by atoms with Gasteiger partial charge in [0.15, 0.2) is 0 Å². The van der Waals surface area contributed by atoms with Gasteiger partial charge in [0.1, 0.15) is 28.0 Å². The van der Waals surface area contributed by atoms with Gasteiger partial charge in [-0.15, -0.1) is 11.3 Å². The number of carbonyl (C=O) groups is 1. The summed E-state index contributed by atoms with van der Waals surface area (Å²) >= 11 is 3.03. The first-order valence-corrected chi connectivity index (χ1v) is 10.6. The average molecular weight is 407 g/mol. The van der Waals surface area contributed by atoms with Crippen molar-refractivity contribution >= 4 is 39.3 Å². The van der Waals surface area contributed by atoms with Gasteiger partial charge in [-0.3, -0.25) is 4.79 Å². The van der Waals surface area contributed by atoms with E-state index >= 15 is 0 Å². The number of thiophene rings is 1. The molecule has 6 heteroatoms. The Labute approximate surface area is 171 Å². The molecule has 0 radical (unpaired) electrons. The highest BCUT2D eigenvalue weighted by atomic mass is 32.2. The Balaban J connectivity index is 1.49. The first kappa shape index (κ1) is 18.7. The molecule has 4 nitrogen and oxygen atoms in total. The van der Waals surface area contributed by atoms with Crippen LogP contribution in [0, 0.1) is 0 Å². The van der Waals surface area contributed by atoms with E-state index in [1.54, 1.807) is 17.7 Å². The molecule has 0 unspecified atom stereocenters. The van der Waals surface area contributed by atoms with Crippen molar-refractivity contribution in [2.75, 3.05) is 0 Å². The number of hydrogen-bond acceptors (Lipinski definition) is 6. The third kappa shape index (κ3) is 4.24. The van der Waals surface area contributed by atoms with Crippen LogP contribution in [0.3, 0.4) is 0 Å². The highest BCUT2D eigenvalue weighted by molar-refractivity contribution is 8.00. The molecule has 2 aromatic carbocycles. The van der Waals surface area contributed by atoms with Gasteiger partial charge in [0.25, 0.3) is 0 Å². The molecule has 4 rings (SSSR count). The summed E-state index contributed by atoms with van der Waals surface area (Å²) in [5.41, 5.74) is 2.12. The summed E-state index contributed by atoms with van der Waals surface area (Å²) in [7, 11) is 0. The van der Waals surface area contributed by atoms with E-state index in [0.29, 0.717) is 0 Å². The maximum absolute atomic E-state index is 12.4. The number of carbonyl (C=O) groups excluding carboxylic acids is 1. The fraction of sp³-hybridized carbons (Fsp3) is 0.136. The molecule has 0 amide bonds. The number of aromatic nitrogens is 2. The van der Waals surface area contributed by atoms with E-state index in [2.05, 4.69) is 28.2 Å². The Morgan fingerprint density at radius 3 is 2.54 bits per heavy atom. The lowest BCUT2D eigenvalue weighted by atomic mass is 10.2. The summed E-state index contributed by atoms with van der Waals surface area (Å²) in [6.45, 7) is 2.12. The molecule has 2 aromatic heterocycles. The zero-order valence-electron chi connectivity index (χ0n) is 15.2. The lowest BCUT2D eigenvalue weighted by Crippen LogP contribution is -2.17. The SMILES string of the molecule is C[C@H](Sc1ncnc2sc(-c3ccccc3)cc12)C(=O)OCc1ccccc1. The lowest BCUT2D eigenvalue weighted by molar-refractivity contribution is -0.143. The van der Waals surface area contributed by atoms with Crippen molar-refractivity contribution in [3.8, 4) is 10.4 Å². The molecule has 0 aliphatic carbocycles. The predicted octanol–water partition coefficient (Wildman–Crippen LogP) is 5.58. The molecule has 0 bridgehead atoms. The lowest BCUT2D eigenvalue weighted by Gasteiger charge is -2.11. The van der Waals surface area contributed by atoms with E-state index in [1.807, 2.05) is 55.5 Å². The van der Waals surface area contributed by atoms with Crippen LogP contribution in [-0.2, 0) is 16.1 Å². The largest absolute Gasteiger partial charge is 0.460 e. The number of benzene rings is 2. The fourth-order valence-electron chi connectivity index (χ4n) is 2.73. The number of ether oxygens (including phenoxy) is 1. The maximum atomic E-state index is 12.4. The van der Waals surface area contributed by atoms with Crippen LogP contribution in [0.1, 0.15) is 12.5 Å². The Kier molecular flexibility index (Phi) is 5.69. The molecule has 28 heavy (non-hydrogen) atoms. The van der Waals surface area contributed by atoms with Gasteiger partial charge in [-0.1, -0.05) is 72.4 Å². The van der Waals surface area contributed by atoms with Crippen molar-refractivity contribution in [2.24, 2.45) is 0 Å². The van der Waals surface area contributed by atoms with Gasteiger partial charge in [0, 0.05) is 10.3 Å². The Bertz CT molecular complexity index is 1080. The number of rotatable bonds is 6. The van der Waals surface area contributed by atoms with Crippen LogP contribution in [0.2, 0.25) is 0 Å². The average Bonchev–Trinajstić information content (AvgIpc) is 3.19. The molecular formula is C22H18N2O2S2. The minimum Gasteiger partial charge on any atom is -0.460 e. The second-order valence-electron chi connectivity index (χ2n) is 6.23. The molecule has 0 spiro atoms. The second kappa shape index (κ2) is 8.54. The van der Waals surface area contributed by atoms with E-state index in [-0.39, 0.29) is 17.8 Å². The summed E-state index contributed by atoms with van der Waals surface area (Å²) < 4.78 is 5.45. The van der Waals surface area contributed by atoms with Crippen LogP contribution in [0.5, 0.6) is 0 Å². The summed E-state index contributed by atoms with van der Waals surface area (Å²) in [6.07, 6.45) is 1.55. The molecule has 0 aliphatic heterocycles. The van der Waals surface area contributed by atoms with Gasteiger partial charge in [0.05, 0.1) is 0 Å². The third-order valence-corrected chi connectivity index (χ3v) is 6.38. The summed E-state index contributed by atoms with van der Waals surface area (Å²) in [5.74, 6) is -0.251. The summed E-state index contributed by atoms with van der Waals surface area (Å²) in [5, 5.41) is 1.41. The highest BCUT2D eigenvalue weighted by Gasteiger charge is 2.19. The molecule has 4 aromatic rings. The van der Waals surface area contributed by atoms with Gasteiger partial charge in [-0.25, -0.2) is 9.97 Å². The summed E-state index contributed by atoms with van der Waals surface area (Å²) in [4.78, 5) is 23.3. The molecule has 1 atom stereocenters. The fourth-order valence-corrected chi connectivity index (χ4v) is 4.69. The van der Waals surface area contributed by atoms with Crippen molar-refractivity contribution < 1.29 is 9.53 Å². The normalized spacial score (nSPS) is 12.0. The standard InChI is InChI=1S/C22H18N2O2S2/c1-15(22(25)26-13-16-8-4-2-5-9-16)27-20-18-12-19(17-10-6-3-7-11-17)28-21(18)24-14-23-20/h2-12,14-15H,13H2,1H3/t15-/m0/s1. The number of thioether (sulfide) groups is 1. The first-order chi connectivity index (χ1) is 13.7. The van der Waals surface area contributed by atoms with Crippen molar-refractivity contribution in [1.82, 2.24) is 9.97 Å².